The van der Waals surface area contributed by atoms with Gasteiger partial charge in [0, 0.05) is 13.1 Å². The number of aryl methyl sites for hydroxylation is 2. The molecule has 36 heavy (non-hydrogen) atoms. The molecule has 12 heteroatoms. The number of ether oxygens (including phenoxy) is 1. The van der Waals surface area contributed by atoms with Crippen LogP contribution in [-0.2, 0) is 39.3 Å². The predicted molar refractivity (Wildman–Crippen MR) is 134 cm³/mol. The topological polar surface area (TPSA) is 145 Å². The van der Waals surface area contributed by atoms with Gasteiger partial charge in [-0.25, -0.2) is 18.2 Å². The summed E-state index contributed by atoms with van der Waals surface area (Å²) < 4.78 is 35.8. The maximum atomic E-state index is 12.7. The van der Waals surface area contributed by atoms with Gasteiger partial charge >= 0.3 is 11.7 Å². The van der Waals surface area contributed by atoms with Crippen LogP contribution in [-0.4, -0.2) is 40.0 Å². The summed E-state index contributed by atoms with van der Waals surface area (Å²) in [6, 6.07) is 12.0. The minimum Gasteiger partial charge on any atom is -0.457 e. The molecule has 0 aliphatic rings. The van der Waals surface area contributed by atoms with Gasteiger partial charge in [-0.15, -0.1) is 0 Å². The molecule has 2 aromatic carbocycles. The number of nitrogens with zero attached hydrogens (tertiary/aromatic N) is 3. The Bertz CT molecular complexity index is 1650. The van der Waals surface area contributed by atoms with E-state index in [1.165, 1.54) is 16.7 Å². The van der Waals surface area contributed by atoms with Crippen LogP contribution in [0.1, 0.15) is 32.5 Å². The van der Waals surface area contributed by atoms with E-state index in [0.717, 1.165) is 23.6 Å². The molecule has 2 aromatic heterocycles. The van der Waals surface area contributed by atoms with Gasteiger partial charge in [-0.05, 0) is 36.2 Å². The molecule has 2 N–H and O–H groups in total. The van der Waals surface area contributed by atoms with Gasteiger partial charge in [0.2, 0.25) is 10.0 Å². The van der Waals surface area contributed by atoms with Crippen molar-refractivity contribution in [2.45, 2.75) is 51.3 Å². The lowest BCUT2D eigenvalue weighted by atomic mass is 10.1. The number of rotatable bonds is 10. The first-order valence-corrected chi connectivity index (χ1v) is 13.1. The molecular weight excluding hydrogens is 486 g/mol. The first kappa shape index (κ1) is 25.3. The number of esters is 1. The maximum Gasteiger partial charge on any atom is 0.330 e. The number of hydrogen-bond acceptors (Lipinski definition) is 7. The van der Waals surface area contributed by atoms with Crippen molar-refractivity contribution in [1.82, 2.24) is 23.8 Å². The highest BCUT2D eigenvalue weighted by Crippen LogP contribution is 2.19. The fourth-order valence-electron chi connectivity index (χ4n) is 3.96. The van der Waals surface area contributed by atoms with Gasteiger partial charge < -0.3 is 9.30 Å². The molecule has 0 bridgehead atoms. The summed E-state index contributed by atoms with van der Waals surface area (Å²) in [6.45, 7) is 3.65. The van der Waals surface area contributed by atoms with E-state index in [-0.39, 0.29) is 28.5 Å². The first-order chi connectivity index (χ1) is 17.2. The number of imidazole rings is 1. The first-order valence-electron chi connectivity index (χ1n) is 11.6. The molecular formula is C24H27N5O6S. The summed E-state index contributed by atoms with van der Waals surface area (Å²) in [5, 5.41) is 1.66. The average molecular weight is 514 g/mol. The Morgan fingerprint density at radius 1 is 1.08 bits per heavy atom. The van der Waals surface area contributed by atoms with Crippen LogP contribution in [0.25, 0.3) is 21.9 Å². The summed E-state index contributed by atoms with van der Waals surface area (Å²) >= 11 is 0. The van der Waals surface area contributed by atoms with E-state index in [9.17, 15) is 22.8 Å². The molecule has 0 unspecified atom stereocenters. The molecule has 0 spiro atoms. The Morgan fingerprint density at radius 2 is 1.83 bits per heavy atom. The van der Waals surface area contributed by atoms with Crippen molar-refractivity contribution in [2.75, 3.05) is 6.54 Å². The molecule has 2 heterocycles. The monoisotopic (exact) mass is 513 g/mol. The van der Waals surface area contributed by atoms with Crippen molar-refractivity contribution in [3.05, 3.63) is 69.1 Å². The zero-order valence-corrected chi connectivity index (χ0v) is 20.8. The second-order valence-corrected chi connectivity index (χ2v) is 9.97. The van der Waals surface area contributed by atoms with Gasteiger partial charge in [0.1, 0.15) is 19.0 Å². The van der Waals surface area contributed by atoms with Crippen molar-refractivity contribution >= 4 is 37.9 Å². The standard InChI is InChI=1S/C24H27N5O6S/c1-3-5-12-29-22-21(23(31)27-24(29)32)28(4-2)19(26-22)15-35-20(30)14-25-36(33,34)18-11-10-16-8-6-7-9-17(16)13-18/h6-11,13,25H,3-5,12,14-15H2,1-2H3,(H,27,31,32). The van der Waals surface area contributed by atoms with Gasteiger partial charge in [-0.3, -0.25) is 19.1 Å². The maximum absolute atomic E-state index is 12.7. The Kier molecular flexibility index (Phi) is 7.36. The van der Waals surface area contributed by atoms with E-state index in [4.69, 9.17) is 4.74 Å². The van der Waals surface area contributed by atoms with E-state index < -0.39 is 33.8 Å². The SMILES string of the molecule is CCCCn1c(=O)[nH]c(=O)c2c1nc(COC(=O)CNS(=O)(=O)c1ccc3ccccc3c1)n2CC. The normalized spacial score (nSPS) is 11.8. The molecule has 0 aliphatic heterocycles. The number of aromatic amines is 1. The Morgan fingerprint density at radius 3 is 2.56 bits per heavy atom. The number of carbonyl (C=O) groups excluding carboxylic acids is 1. The van der Waals surface area contributed by atoms with Crippen LogP contribution in [0.5, 0.6) is 0 Å². The summed E-state index contributed by atoms with van der Waals surface area (Å²) in [5.41, 5.74) is -0.676. The highest BCUT2D eigenvalue weighted by Gasteiger charge is 2.20. The third-order valence-corrected chi connectivity index (χ3v) is 7.22. The third kappa shape index (κ3) is 5.09. The van der Waals surface area contributed by atoms with E-state index in [0.29, 0.717) is 13.1 Å². The number of H-pyrrole nitrogens is 1. The molecule has 0 fully saturated rings. The predicted octanol–water partition coefficient (Wildman–Crippen LogP) is 1.88. The number of unbranched alkanes of at least 4 members (excludes halogenated alkanes) is 1. The Labute approximate surface area is 206 Å². The number of nitrogens with one attached hydrogen (secondary N) is 2. The van der Waals surface area contributed by atoms with Crippen LogP contribution in [0.3, 0.4) is 0 Å². The smallest absolute Gasteiger partial charge is 0.330 e. The number of benzene rings is 2. The van der Waals surface area contributed by atoms with Crippen molar-refractivity contribution in [1.29, 1.82) is 0 Å². The summed E-state index contributed by atoms with van der Waals surface area (Å²) in [7, 11) is -3.94. The largest absolute Gasteiger partial charge is 0.457 e. The number of sulfonamides is 1. The van der Waals surface area contributed by atoms with Crippen LogP contribution in [0.15, 0.2) is 56.9 Å². The van der Waals surface area contributed by atoms with Crippen LogP contribution >= 0.6 is 0 Å². The molecule has 190 valence electrons. The molecule has 0 radical (unpaired) electrons. The average Bonchev–Trinajstić information content (AvgIpc) is 3.24. The molecule has 11 nitrogen and oxygen atoms in total. The zero-order valence-electron chi connectivity index (χ0n) is 20.0. The second-order valence-electron chi connectivity index (χ2n) is 8.20. The molecule has 0 amide bonds. The molecule has 0 atom stereocenters. The lowest BCUT2D eigenvalue weighted by Crippen LogP contribution is -2.31. The van der Waals surface area contributed by atoms with Crippen LogP contribution < -0.4 is 16.0 Å². The van der Waals surface area contributed by atoms with E-state index in [1.54, 1.807) is 23.6 Å². The van der Waals surface area contributed by atoms with Gasteiger partial charge in [0.15, 0.2) is 11.2 Å². The van der Waals surface area contributed by atoms with Gasteiger partial charge in [-0.1, -0.05) is 43.7 Å². The van der Waals surface area contributed by atoms with Crippen molar-refractivity contribution in [3.8, 4) is 0 Å². The zero-order chi connectivity index (χ0) is 25.9. The number of aromatic nitrogens is 4. The highest BCUT2D eigenvalue weighted by atomic mass is 32.2. The molecule has 0 saturated carbocycles. The molecule has 4 aromatic rings. The summed E-state index contributed by atoms with van der Waals surface area (Å²) in [4.78, 5) is 43.9. The van der Waals surface area contributed by atoms with Crippen LogP contribution in [0.2, 0.25) is 0 Å². The van der Waals surface area contributed by atoms with Gasteiger partial charge in [0.25, 0.3) is 5.56 Å². The summed E-state index contributed by atoms with van der Waals surface area (Å²) in [5.74, 6) is -0.536. The highest BCUT2D eigenvalue weighted by molar-refractivity contribution is 7.89. The van der Waals surface area contributed by atoms with Crippen molar-refractivity contribution in [2.24, 2.45) is 0 Å². The second kappa shape index (κ2) is 10.5. The van der Waals surface area contributed by atoms with E-state index in [1.807, 2.05) is 25.1 Å². The number of fused-ring (bicyclic) bond motifs is 2. The molecule has 0 aliphatic carbocycles. The molecule has 4 rings (SSSR count). The fraction of sp³-hybridized carbons (Fsp3) is 0.333. The number of hydrogen-bond donors (Lipinski definition) is 2. The van der Waals surface area contributed by atoms with Gasteiger partial charge in [-0.2, -0.15) is 4.72 Å². The Balaban J connectivity index is 1.48. The molecule has 0 saturated heterocycles. The fourth-order valence-corrected chi connectivity index (χ4v) is 4.96. The number of carbonyl (C=O) groups is 1. The van der Waals surface area contributed by atoms with Crippen LogP contribution in [0, 0.1) is 0 Å². The minimum atomic E-state index is -3.94. The van der Waals surface area contributed by atoms with E-state index >= 15 is 0 Å². The third-order valence-electron chi connectivity index (χ3n) is 5.82. The van der Waals surface area contributed by atoms with Crippen molar-refractivity contribution < 1.29 is 17.9 Å². The quantitative estimate of drug-likeness (QED) is 0.308. The van der Waals surface area contributed by atoms with Gasteiger partial charge in [0.05, 0.1) is 4.90 Å². The lowest BCUT2D eigenvalue weighted by Gasteiger charge is -2.09. The van der Waals surface area contributed by atoms with Crippen LogP contribution in [0.4, 0.5) is 0 Å². The summed E-state index contributed by atoms with van der Waals surface area (Å²) in [6.07, 6.45) is 1.57. The van der Waals surface area contributed by atoms with E-state index in [2.05, 4.69) is 14.7 Å². The Hall–Kier alpha value is -3.77. The van der Waals surface area contributed by atoms with Crippen molar-refractivity contribution in [3.63, 3.8) is 0 Å². The minimum absolute atomic E-state index is 0.0334. The lowest BCUT2D eigenvalue weighted by molar-refractivity contribution is -0.143.